The normalized spacial score (nSPS) is 12.6. The summed E-state index contributed by atoms with van der Waals surface area (Å²) in [4.78, 5) is 4.17. The highest BCUT2D eigenvalue weighted by atomic mass is 16.5. The molecule has 1 aromatic carbocycles. The number of hydrogen-bond donors (Lipinski definition) is 2. The van der Waals surface area contributed by atoms with Gasteiger partial charge in [0.15, 0.2) is 17.5 Å². The van der Waals surface area contributed by atoms with E-state index in [0.29, 0.717) is 6.54 Å². The first-order valence-electron chi connectivity index (χ1n) is 7.44. The SMILES string of the molecule is CN=C(NCCCOC)NCC(C)Oc1ccccc1OC. The summed E-state index contributed by atoms with van der Waals surface area (Å²) in [6.45, 7) is 4.19. The lowest BCUT2D eigenvalue weighted by Crippen LogP contribution is -2.42. The lowest BCUT2D eigenvalue weighted by atomic mass is 10.3. The van der Waals surface area contributed by atoms with E-state index in [1.54, 1.807) is 21.3 Å². The highest BCUT2D eigenvalue weighted by molar-refractivity contribution is 5.79. The Balaban J connectivity index is 2.36. The second-order valence-electron chi connectivity index (χ2n) is 4.81. The monoisotopic (exact) mass is 309 g/mol. The largest absolute Gasteiger partial charge is 0.493 e. The maximum atomic E-state index is 5.88. The van der Waals surface area contributed by atoms with Crippen molar-refractivity contribution in [3.05, 3.63) is 24.3 Å². The molecule has 0 saturated heterocycles. The fourth-order valence-corrected chi connectivity index (χ4v) is 1.86. The van der Waals surface area contributed by atoms with E-state index in [-0.39, 0.29) is 6.10 Å². The first-order chi connectivity index (χ1) is 10.7. The number of benzene rings is 1. The van der Waals surface area contributed by atoms with Gasteiger partial charge in [0.25, 0.3) is 0 Å². The molecule has 0 spiro atoms. The van der Waals surface area contributed by atoms with Crippen LogP contribution >= 0.6 is 0 Å². The van der Waals surface area contributed by atoms with Crippen LogP contribution in [-0.4, -0.2) is 53.0 Å². The molecule has 124 valence electrons. The van der Waals surface area contributed by atoms with E-state index in [4.69, 9.17) is 14.2 Å². The number of nitrogens with one attached hydrogen (secondary N) is 2. The molecule has 1 aromatic rings. The minimum Gasteiger partial charge on any atom is -0.493 e. The Morgan fingerprint density at radius 1 is 1.18 bits per heavy atom. The van der Waals surface area contributed by atoms with Crippen LogP contribution in [0, 0.1) is 0 Å². The van der Waals surface area contributed by atoms with Crippen LogP contribution in [0.3, 0.4) is 0 Å². The Labute approximate surface area is 132 Å². The van der Waals surface area contributed by atoms with Gasteiger partial charge in [-0.05, 0) is 25.5 Å². The molecule has 0 heterocycles. The topological polar surface area (TPSA) is 64.1 Å². The number of nitrogens with zero attached hydrogens (tertiary/aromatic N) is 1. The molecule has 1 atom stereocenters. The smallest absolute Gasteiger partial charge is 0.191 e. The number of methoxy groups -OCH3 is 2. The van der Waals surface area contributed by atoms with Crippen LogP contribution in [0.1, 0.15) is 13.3 Å². The fourth-order valence-electron chi connectivity index (χ4n) is 1.86. The molecule has 0 saturated carbocycles. The Kier molecular flexibility index (Phi) is 8.83. The molecule has 0 amide bonds. The number of aliphatic imine (C=N–C) groups is 1. The van der Waals surface area contributed by atoms with Crippen molar-refractivity contribution in [2.75, 3.05) is 41.0 Å². The summed E-state index contributed by atoms with van der Waals surface area (Å²) in [6.07, 6.45) is 0.915. The van der Waals surface area contributed by atoms with Gasteiger partial charge in [-0.25, -0.2) is 0 Å². The van der Waals surface area contributed by atoms with Gasteiger partial charge in [-0.1, -0.05) is 12.1 Å². The zero-order valence-corrected chi connectivity index (χ0v) is 13.9. The molecular formula is C16H27N3O3. The van der Waals surface area contributed by atoms with Crippen molar-refractivity contribution in [3.63, 3.8) is 0 Å². The average molecular weight is 309 g/mol. The predicted molar refractivity (Wildman–Crippen MR) is 88.9 cm³/mol. The van der Waals surface area contributed by atoms with E-state index in [0.717, 1.165) is 37.0 Å². The summed E-state index contributed by atoms with van der Waals surface area (Å²) in [5.74, 6) is 2.23. The Morgan fingerprint density at radius 3 is 2.55 bits per heavy atom. The third-order valence-corrected chi connectivity index (χ3v) is 3.00. The van der Waals surface area contributed by atoms with Crippen molar-refractivity contribution in [1.82, 2.24) is 10.6 Å². The summed E-state index contributed by atoms with van der Waals surface area (Å²) < 4.78 is 16.2. The maximum Gasteiger partial charge on any atom is 0.191 e. The summed E-state index contributed by atoms with van der Waals surface area (Å²) in [5, 5.41) is 6.46. The van der Waals surface area contributed by atoms with Crippen molar-refractivity contribution in [3.8, 4) is 11.5 Å². The fraction of sp³-hybridized carbons (Fsp3) is 0.562. The zero-order valence-electron chi connectivity index (χ0n) is 13.9. The lowest BCUT2D eigenvalue weighted by molar-refractivity contribution is 0.195. The number of ether oxygens (including phenoxy) is 3. The molecule has 6 nitrogen and oxygen atoms in total. The summed E-state index contributed by atoms with van der Waals surface area (Å²) in [5.41, 5.74) is 0. The van der Waals surface area contributed by atoms with Crippen LogP contribution in [0.4, 0.5) is 0 Å². The van der Waals surface area contributed by atoms with Crippen molar-refractivity contribution >= 4 is 5.96 Å². The molecule has 1 rings (SSSR count). The first kappa shape index (κ1) is 18.1. The van der Waals surface area contributed by atoms with Crippen LogP contribution in [0.25, 0.3) is 0 Å². The molecule has 0 aliphatic carbocycles. The molecule has 0 bridgehead atoms. The lowest BCUT2D eigenvalue weighted by Gasteiger charge is -2.19. The molecule has 0 aliphatic rings. The molecule has 22 heavy (non-hydrogen) atoms. The predicted octanol–water partition coefficient (Wildman–Crippen LogP) is 1.66. The van der Waals surface area contributed by atoms with E-state index in [9.17, 15) is 0 Å². The minimum absolute atomic E-state index is 0.0196. The third kappa shape index (κ3) is 6.67. The van der Waals surface area contributed by atoms with E-state index in [1.807, 2.05) is 31.2 Å². The van der Waals surface area contributed by atoms with E-state index in [1.165, 1.54) is 0 Å². The summed E-state index contributed by atoms with van der Waals surface area (Å²) in [7, 11) is 5.08. The molecule has 0 fully saturated rings. The van der Waals surface area contributed by atoms with Gasteiger partial charge in [-0.3, -0.25) is 4.99 Å². The number of hydrogen-bond acceptors (Lipinski definition) is 4. The van der Waals surface area contributed by atoms with Crippen LogP contribution in [-0.2, 0) is 4.74 Å². The Bertz CT molecular complexity index is 452. The minimum atomic E-state index is -0.0196. The maximum absolute atomic E-state index is 5.88. The second kappa shape index (κ2) is 10.7. The average Bonchev–Trinajstić information content (AvgIpc) is 2.54. The number of rotatable bonds is 9. The molecule has 0 aromatic heterocycles. The summed E-state index contributed by atoms with van der Waals surface area (Å²) >= 11 is 0. The standard InChI is InChI=1S/C16H27N3O3/c1-13(22-15-9-6-5-8-14(15)21-4)12-19-16(17-2)18-10-7-11-20-3/h5-6,8-9,13H,7,10-12H2,1-4H3,(H2,17,18,19). The van der Waals surface area contributed by atoms with Gasteiger partial charge in [-0.15, -0.1) is 0 Å². The molecule has 0 radical (unpaired) electrons. The quantitative estimate of drug-likeness (QED) is 0.413. The van der Waals surface area contributed by atoms with E-state index in [2.05, 4.69) is 15.6 Å². The molecule has 6 heteroatoms. The molecular weight excluding hydrogens is 282 g/mol. The van der Waals surface area contributed by atoms with Crippen molar-refractivity contribution in [2.45, 2.75) is 19.4 Å². The third-order valence-electron chi connectivity index (χ3n) is 3.00. The molecule has 0 aliphatic heterocycles. The Morgan fingerprint density at radius 2 is 1.91 bits per heavy atom. The molecule has 2 N–H and O–H groups in total. The highest BCUT2D eigenvalue weighted by Gasteiger charge is 2.09. The molecule has 1 unspecified atom stereocenters. The number of para-hydroxylation sites is 2. The van der Waals surface area contributed by atoms with Crippen LogP contribution in [0.2, 0.25) is 0 Å². The number of guanidine groups is 1. The Hall–Kier alpha value is -1.95. The second-order valence-corrected chi connectivity index (χ2v) is 4.81. The first-order valence-corrected chi connectivity index (χ1v) is 7.44. The van der Waals surface area contributed by atoms with Gasteiger partial charge in [0.05, 0.1) is 13.7 Å². The van der Waals surface area contributed by atoms with Gasteiger partial charge < -0.3 is 24.8 Å². The van der Waals surface area contributed by atoms with Gasteiger partial charge >= 0.3 is 0 Å². The van der Waals surface area contributed by atoms with Gasteiger partial charge in [-0.2, -0.15) is 0 Å². The van der Waals surface area contributed by atoms with Gasteiger partial charge in [0, 0.05) is 27.3 Å². The van der Waals surface area contributed by atoms with Crippen molar-refractivity contribution in [2.24, 2.45) is 4.99 Å². The van der Waals surface area contributed by atoms with Crippen molar-refractivity contribution in [1.29, 1.82) is 0 Å². The van der Waals surface area contributed by atoms with Crippen LogP contribution < -0.4 is 20.1 Å². The summed E-state index contributed by atoms with van der Waals surface area (Å²) in [6, 6.07) is 7.62. The van der Waals surface area contributed by atoms with Crippen molar-refractivity contribution < 1.29 is 14.2 Å². The van der Waals surface area contributed by atoms with Gasteiger partial charge in [0.2, 0.25) is 0 Å². The van der Waals surface area contributed by atoms with Crippen LogP contribution in [0.5, 0.6) is 11.5 Å². The zero-order chi connectivity index (χ0) is 16.2. The van der Waals surface area contributed by atoms with Gasteiger partial charge in [0.1, 0.15) is 6.10 Å². The van der Waals surface area contributed by atoms with E-state index >= 15 is 0 Å². The van der Waals surface area contributed by atoms with Crippen LogP contribution in [0.15, 0.2) is 29.3 Å². The highest BCUT2D eigenvalue weighted by Crippen LogP contribution is 2.26. The van der Waals surface area contributed by atoms with E-state index < -0.39 is 0 Å².